The van der Waals surface area contributed by atoms with Crippen LogP contribution in [-0.4, -0.2) is 23.0 Å². The van der Waals surface area contributed by atoms with Crippen molar-refractivity contribution in [1.29, 1.82) is 0 Å². The van der Waals surface area contributed by atoms with Crippen LogP contribution >= 0.6 is 11.6 Å². The predicted octanol–water partition coefficient (Wildman–Crippen LogP) is 1.58. The molecule has 0 aromatic heterocycles. The Morgan fingerprint density at radius 3 is 2.94 bits per heavy atom. The van der Waals surface area contributed by atoms with E-state index in [2.05, 4.69) is 0 Å². The van der Waals surface area contributed by atoms with E-state index in [0.717, 1.165) is 0 Å². The van der Waals surface area contributed by atoms with Crippen LogP contribution < -0.4 is 9.47 Å². The van der Waals surface area contributed by atoms with Crippen LogP contribution in [0.2, 0.25) is 5.02 Å². The van der Waals surface area contributed by atoms with Gasteiger partial charge in [0.05, 0.1) is 17.5 Å². The molecule has 2 rings (SSSR count). The summed E-state index contributed by atoms with van der Waals surface area (Å²) in [4.78, 5) is 10.5. The molecule has 0 radical (unpaired) electrons. The minimum Gasteiger partial charge on any atom is -0.481 e. The minimum absolute atomic E-state index is 0.0769. The molecule has 16 heavy (non-hydrogen) atoms. The number of fused-ring (bicyclic) bond motifs is 1. The molecule has 0 spiro atoms. The third-order valence-electron chi connectivity index (χ3n) is 2.20. The topological polar surface area (TPSA) is 76.0 Å². The molecule has 1 aromatic rings. The fourth-order valence-electron chi connectivity index (χ4n) is 1.46. The third-order valence-corrected chi connectivity index (χ3v) is 2.48. The number of aliphatic carboxylic acids is 1. The summed E-state index contributed by atoms with van der Waals surface area (Å²) >= 11 is 5.89. The molecule has 1 aromatic carbocycles. The van der Waals surface area contributed by atoms with E-state index in [0.29, 0.717) is 22.1 Å². The van der Waals surface area contributed by atoms with Crippen LogP contribution in [0.1, 0.15) is 18.1 Å². The molecule has 6 heteroatoms. The molecule has 0 saturated heterocycles. The zero-order valence-corrected chi connectivity index (χ0v) is 8.90. The van der Waals surface area contributed by atoms with Gasteiger partial charge in [-0.05, 0) is 17.7 Å². The zero-order valence-electron chi connectivity index (χ0n) is 8.14. The fourth-order valence-corrected chi connectivity index (χ4v) is 1.74. The predicted molar refractivity (Wildman–Crippen MR) is 54.8 cm³/mol. The van der Waals surface area contributed by atoms with Gasteiger partial charge in [0, 0.05) is 0 Å². The van der Waals surface area contributed by atoms with E-state index in [1.165, 1.54) is 12.1 Å². The highest BCUT2D eigenvalue weighted by Crippen LogP contribution is 2.41. The Balaban J connectivity index is 2.29. The first-order valence-corrected chi connectivity index (χ1v) is 4.94. The van der Waals surface area contributed by atoms with Crippen molar-refractivity contribution in [1.82, 2.24) is 0 Å². The van der Waals surface area contributed by atoms with E-state index in [-0.39, 0.29) is 13.2 Å². The summed E-state index contributed by atoms with van der Waals surface area (Å²) in [5.41, 5.74) is 0.400. The van der Waals surface area contributed by atoms with E-state index in [9.17, 15) is 9.90 Å². The largest absolute Gasteiger partial charge is 0.481 e. The Hall–Kier alpha value is -1.46. The van der Waals surface area contributed by atoms with Crippen LogP contribution in [0.15, 0.2) is 12.1 Å². The average Bonchev–Trinajstić information content (AvgIpc) is 2.64. The molecule has 1 aliphatic rings. The molecule has 86 valence electrons. The van der Waals surface area contributed by atoms with Gasteiger partial charge in [-0.25, -0.2) is 0 Å². The summed E-state index contributed by atoms with van der Waals surface area (Å²) < 4.78 is 10.2. The number of hydrogen-bond acceptors (Lipinski definition) is 4. The second-order valence-electron chi connectivity index (χ2n) is 3.35. The number of carbonyl (C=O) groups is 1. The minimum atomic E-state index is -1.11. The Morgan fingerprint density at radius 1 is 1.50 bits per heavy atom. The molecule has 1 aliphatic heterocycles. The van der Waals surface area contributed by atoms with Crippen LogP contribution in [0.5, 0.6) is 11.5 Å². The lowest BCUT2D eigenvalue weighted by molar-refractivity contribution is -0.139. The number of aliphatic hydroxyl groups excluding tert-OH is 1. The summed E-state index contributed by atoms with van der Waals surface area (Å²) in [5, 5.41) is 18.5. The fraction of sp³-hybridized carbons (Fsp3) is 0.300. The number of carboxylic acids is 1. The van der Waals surface area contributed by atoms with Gasteiger partial charge in [0.2, 0.25) is 6.79 Å². The molecule has 1 atom stereocenters. The van der Waals surface area contributed by atoms with Crippen LogP contribution in [0.4, 0.5) is 0 Å². The first-order valence-electron chi connectivity index (χ1n) is 4.57. The summed E-state index contributed by atoms with van der Waals surface area (Å²) in [6.07, 6.45) is -1.49. The van der Waals surface area contributed by atoms with E-state index >= 15 is 0 Å². The molecule has 2 N–H and O–H groups in total. The number of halogens is 1. The molecule has 5 nitrogen and oxygen atoms in total. The number of benzene rings is 1. The molecular weight excluding hydrogens is 236 g/mol. The number of ether oxygens (including phenoxy) is 2. The summed E-state index contributed by atoms with van der Waals surface area (Å²) in [6, 6.07) is 3.00. The van der Waals surface area contributed by atoms with E-state index in [4.69, 9.17) is 26.2 Å². The van der Waals surface area contributed by atoms with Crippen molar-refractivity contribution in [3.05, 3.63) is 22.7 Å². The average molecular weight is 245 g/mol. The maximum Gasteiger partial charge on any atom is 0.306 e. The van der Waals surface area contributed by atoms with Crippen molar-refractivity contribution in [3.8, 4) is 11.5 Å². The van der Waals surface area contributed by atoms with Crippen LogP contribution in [0.3, 0.4) is 0 Å². The summed E-state index contributed by atoms with van der Waals surface area (Å²) in [6.45, 7) is 0.0769. The molecule has 0 aliphatic carbocycles. The SMILES string of the molecule is O=C(O)CC(O)c1cc(Cl)c2c(c1)OCO2. The van der Waals surface area contributed by atoms with Crippen molar-refractivity contribution >= 4 is 17.6 Å². The zero-order chi connectivity index (χ0) is 11.7. The van der Waals surface area contributed by atoms with Gasteiger partial charge in [0.1, 0.15) is 0 Å². The van der Waals surface area contributed by atoms with E-state index in [1.54, 1.807) is 0 Å². The van der Waals surface area contributed by atoms with Crippen molar-refractivity contribution in [2.75, 3.05) is 6.79 Å². The third kappa shape index (κ3) is 2.05. The Morgan fingerprint density at radius 2 is 2.25 bits per heavy atom. The molecule has 1 unspecified atom stereocenters. The number of carboxylic acid groups (broad SMARTS) is 1. The number of aliphatic hydroxyl groups is 1. The maximum atomic E-state index is 10.5. The van der Waals surface area contributed by atoms with E-state index < -0.39 is 12.1 Å². The standard InChI is InChI=1S/C10H9ClO5/c11-6-1-5(7(12)3-9(13)14)2-8-10(6)16-4-15-8/h1-2,7,12H,3-4H2,(H,13,14). The Labute approximate surface area is 96.2 Å². The molecule has 0 fully saturated rings. The monoisotopic (exact) mass is 244 g/mol. The summed E-state index contributed by atoms with van der Waals surface area (Å²) in [7, 11) is 0. The lowest BCUT2D eigenvalue weighted by atomic mass is 10.1. The highest BCUT2D eigenvalue weighted by molar-refractivity contribution is 6.32. The quantitative estimate of drug-likeness (QED) is 0.844. The second kappa shape index (κ2) is 4.19. The van der Waals surface area contributed by atoms with Gasteiger partial charge in [0.25, 0.3) is 0 Å². The van der Waals surface area contributed by atoms with Crippen LogP contribution in [-0.2, 0) is 4.79 Å². The van der Waals surface area contributed by atoms with Crippen molar-refractivity contribution in [2.45, 2.75) is 12.5 Å². The molecular formula is C10H9ClO5. The Kier molecular flexibility index (Phi) is 2.89. The molecule has 1 heterocycles. The van der Waals surface area contributed by atoms with Gasteiger partial charge in [0.15, 0.2) is 11.5 Å². The molecule has 0 bridgehead atoms. The first kappa shape index (κ1) is 11.0. The van der Waals surface area contributed by atoms with Gasteiger partial charge >= 0.3 is 5.97 Å². The lowest BCUT2D eigenvalue weighted by Gasteiger charge is -2.09. The normalized spacial score (nSPS) is 14.9. The number of hydrogen-bond donors (Lipinski definition) is 2. The van der Waals surface area contributed by atoms with Crippen LogP contribution in [0.25, 0.3) is 0 Å². The molecule has 0 amide bonds. The van der Waals surface area contributed by atoms with Crippen LogP contribution in [0, 0.1) is 0 Å². The van der Waals surface area contributed by atoms with E-state index in [1.807, 2.05) is 0 Å². The molecule has 0 saturated carbocycles. The Bertz CT molecular complexity index is 431. The van der Waals surface area contributed by atoms with Gasteiger partial charge in [-0.2, -0.15) is 0 Å². The lowest BCUT2D eigenvalue weighted by Crippen LogP contribution is -2.05. The van der Waals surface area contributed by atoms with Crippen molar-refractivity contribution in [2.24, 2.45) is 0 Å². The highest BCUT2D eigenvalue weighted by Gasteiger charge is 2.21. The first-order chi connectivity index (χ1) is 7.58. The van der Waals surface area contributed by atoms with Gasteiger partial charge < -0.3 is 19.7 Å². The second-order valence-corrected chi connectivity index (χ2v) is 3.76. The van der Waals surface area contributed by atoms with Gasteiger partial charge in [-0.3, -0.25) is 4.79 Å². The van der Waals surface area contributed by atoms with Crippen molar-refractivity contribution < 1.29 is 24.5 Å². The summed E-state index contributed by atoms with van der Waals surface area (Å²) in [5.74, 6) is -0.235. The van der Waals surface area contributed by atoms with Crippen molar-refractivity contribution in [3.63, 3.8) is 0 Å². The van der Waals surface area contributed by atoms with Gasteiger partial charge in [-0.1, -0.05) is 11.6 Å². The highest BCUT2D eigenvalue weighted by atomic mass is 35.5. The van der Waals surface area contributed by atoms with Gasteiger partial charge in [-0.15, -0.1) is 0 Å². The smallest absolute Gasteiger partial charge is 0.306 e. The maximum absolute atomic E-state index is 10.5. The number of rotatable bonds is 3.